The summed E-state index contributed by atoms with van der Waals surface area (Å²) in [6, 6.07) is 5.58. The van der Waals surface area contributed by atoms with E-state index in [1.807, 2.05) is 6.07 Å². The molecule has 37 heavy (non-hydrogen) atoms. The Morgan fingerprint density at radius 2 is 1.95 bits per heavy atom. The molecule has 1 saturated carbocycles. The number of rotatable bonds is 9. The molecule has 2 aromatic rings. The van der Waals surface area contributed by atoms with E-state index < -0.39 is 12.3 Å². The van der Waals surface area contributed by atoms with Gasteiger partial charge in [0.1, 0.15) is 5.76 Å². The Kier molecular flexibility index (Phi) is 13.8. The molecule has 2 N–H and O–H groups in total. The van der Waals surface area contributed by atoms with E-state index in [0.717, 1.165) is 43.2 Å². The summed E-state index contributed by atoms with van der Waals surface area (Å²) < 4.78 is 34.2. The van der Waals surface area contributed by atoms with Crippen LogP contribution in [0.3, 0.4) is 0 Å². The monoisotopic (exact) mass is 520 g/mol. The molecule has 0 saturated heterocycles. The number of pyridine rings is 1. The van der Waals surface area contributed by atoms with Crippen LogP contribution in [-0.4, -0.2) is 54.1 Å². The van der Waals surface area contributed by atoms with Crippen molar-refractivity contribution in [2.75, 3.05) is 26.7 Å². The minimum Gasteiger partial charge on any atom is -0.479 e. The summed E-state index contributed by atoms with van der Waals surface area (Å²) in [6.07, 6.45) is 8.56. The van der Waals surface area contributed by atoms with Crippen LogP contribution in [0.1, 0.15) is 67.7 Å². The first-order chi connectivity index (χ1) is 17.9. The number of ether oxygens (including phenoxy) is 1. The van der Waals surface area contributed by atoms with Crippen LogP contribution in [0.15, 0.2) is 35.9 Å². The van der Waals surface area contributed by atoms with Gasteiger partial charge in [-0.1, -0.05) is 38.2 Å². The molecule has 1 amide bonds. The molecule has 2 aliphatic rings. The predicted octanol–water partition coefficient (Wildman–Crippen LogP) is 5.16. The normalized spacial score (nSPS) is 16.0. The van der Waals surface area contributed by atoms with Crippen molar-refractivity contribution in [1.29, 1.82) is 0 Å². The average Bonchev–Trinajstić information content (AvgIpc) is 3.26. The molecule has 7 nitrogen and oxygen atoms in total. The number of hydrogen-bond acceptors (Lipinski definition) is 6. The Hall–Kier alpha value is -2.81. The number of carbonyl (C=O) groups excluding carboxylic acids is 1. The number of hydrogen-bond donors (Lipinski definition) is 1. The van der Waals surface area contributed by atoms with Crippen molar-refractivity contribution in [3.8, 4) is 5.88 Å². The Morgan fingerprint density at radius 1 is 1.22 bits per heavy atom. The van der Waals surface area contributed by atoms with E-state index in [-0.39, 0.29) is 12.8 Å². The fourth-order valence-corrected chi connectivity index (χ4v) is 4.78. The van der Waals surface area contributed by atoms with Gasteiger partial charge in [-0.05, 0) is 48.5 Å². The number of aryl methyl sites for hydroxylation is 1. The van der Waals surface area contributed by atoms with E-state index in [2.05, 4.69) is 34.3 Å². The molecule has 206 valence electrons. The van der Waals surface area contributed by atoms with Gasteiger partial charge in [0, 0.05) is 43.4 Å². The number of halogens is 2. The van der Waals surface area contributed by atoms with Crippen LogP contribution in [0.2, 0.25) is 0 Å². The van der Waals surface area contributed by atoms with Gasteiger partial charge in [-0.15, -0.1) is 13.2 Å². The van der Waals surface area contributed by atoms with Gasteiger partial charge >= 0.3 is 0 Å². The van der Waals surface area contributed by atoms with Gasteiger partial charge in [0.05, 0.1) is 13.5 Å². The molecule has 0 unspecified atom stereocenters. The van der Waals surface area contributed by atoms with E-state index in [0.29, 0.717) is 18.1 Å². The first-order valence-electron chi connectivity index (χ1n) is 13.2. The number of fused-ring (bicyclic) bond motifs is 1. The summed E-state index contributed by atoms with van der Waals surface area (Å²) >= 11 is 0. The zero-order valence-electron chi connectivity index (χ0n) is 22.1. The van der Waals surface area contributed by atoms with Crippen LogP contribution in [-0.2, 0) is 30.5 Å². The third-order valence-electron chi connectivity index (χ3n) is 6.78. The molecule has 1 fully saturated rings. The van der Waals surface area contributed by atoms with Crippen LogP contribution in [0.25, 0.3) is 0 Å². The quantitative estimate of drug-likeness (QED) is 0.459. The first-order valence-corrected chi connectivity index (χ1v) is 13.2. The summed E-state index contributed by atoms with van der Waals surface area (Å²) in [6.45, 7) is 9.37. The Balaban J connectivity index is 0.000000311. The van der Waals surface area contributed by atoms with Gasteiger partial charge < -0.3 is 19.9 Å². The number of carbonyl (C=O) groups is 1. The molecular weight excluding hydrogens is 478 g/mol. The van der Waals surface area contributed by atoms with E-state index in [9.17, 15) is 13.6 Å². The molecule has 0 bridgehead atoms. The second-order valence-electron chi connectivity index (χ2n) is 9.45. The lowest BCUT2D eigenvalue weighted by Crippen LogP contribution is -2.29. The zero-order valence-corrected chi connectivity index (χ0v) is 22.1. The van der Waals surface area contributed by atoms with Crippen molar-refractivity contribution < 1.29 is 22.8 Å². The molecule has 1 aliphatic carbocycles. The summed E-state index contributed by atoms with van der Waals surface area (Å²) in [5.74, 6) is 1.24. The van der Waals surface area contributed by atoms with Crippen LogP contribution in [0.5, 0.6) is 5.88 Å². The summed E-state index contributed by atoms with van der Waals surface area (Å²) in [4.78, 5) is 17.6. The van der Waals surface area contributed by atoms with E-state index in [1.54, 1.807) is 0 Å². The van der Waals surface area contributed by atoms with Gasteiger partial charge in [0.25, 0.3) is 5.88 Å². The first kappa shape index (κ1) is 30.4. The van der Waals surface area contributed by atoms with Gasteiger partial charge in [-0.3, -0.25) is 9.78 Å². The molecule has 9 heteroatoms. The Bertz CT molecular complexity index is 932. The van der Waals surface area contributed by atoms with E-state index in [4.69, 9.17) is 15.0 Å². The third kappa shape index (κ3) is 11.4. The number of alkyl halides is 2. The van der Waals surface area contributed by atoms with Crippen LogP contribution < -0.4 is 10.5 Å². The largest absolute Gasteiger partial charge is 0.479 e. The minimum absolute atomic E-state index is 0.0519. The third-order valence-corrected chi connectivity index (χ3v) is 6.78. The maximum Gasteiger partial charge on any atom is 0.254 e. The van der Waals surface area contributed by atoms with E-state index in [1.165, 1.54) is 63.8 Å². The van der Waals surface area contributed by atoms with Gasteiger partial charge in [-0.25, -0.2) is 8.78 Å². The van der Waals surface area contributed by atoms with Crippen LogP contribution >= 0.6 is 0 Å². The average molecular weight is 521 g/mol. The standard InChI is InChI=1S/C20H30F2N2.C6H8N2O3.C2H4/c21-20(22)9-8-18-7-6-17-11-14-24(15-12-19(17)23-18)13-10-16-4-2-1-3-5-16;1-10-6-3-4(11-8-6)2-5(7)9;1-2/h6-7,16,20H,1-5,8-15H2;3H,2H2,1H3,(H2,7,9);1-2H2. The van der Waals surface area contributed by atoms with Crippen molar-refractivity contribution >= 4 is 5.91 Å². The molecular formula is C28H42F2N4O3. The molecule has 0 spiro atoms. The maximum atomic E-state index is 12.4. The van der Waals surface area contributed by atoms with Gasteiger partial charge in [-0.2, -0.15) is 0 Å². The van der Waals surface area contributed by atoms with Crippen molar-refractivity contribution in [1.82, 2.24) is 15.0 Å². The number of methoxy groups -OCH3 is 1. The summed E-state index contributed by atoms with van der Waals surface area (Å²) in [5, 5.41) is 3.48. The van der Waals surface area contributed by atoms with Gasteiger partial charge in [0.15, 0.2) is 0 Å². The zero-order chi connectivity index (χ0) is 27.0. The van der Waals surface area contributed by atoms with Crippen LogP contribution in [0.4, 0.5) is 8.78 Å². The summed E-state index contributed by atoms with van der Waals surface area (Å²) in [5.41, 5.74) is 8.19. The maximum absolute atomic E-state index is 12.4. The lowest BCUT2D eigenvalue weighted by Gasteiger charge is -2.26. The topological polar surface area (TPSA) is 94.5 Å². The van der Waals surface area contributed by atoms with Crippen molar-refractivity contribution in [2.45, 2.75) is 77.1 Å². The van der Waals surface area contributed by atoms with E-state index >= 15 is 0 Å². The van der Waals surface area contributed by atoms with Crippen molar-refractivity contribution in [3.05, 3.63) is 54.1 Å². The fraction of sp³-hybridized carbons (Fsp3) is 0.607. The molecule has 1 aliphatic heterocycles. The highest BCUT2D eigenvalue weighted by Gasteiger charge is 2.18. The number of primary amides is 1. The lowest BCUT2D eigenvalue weighted by atomic mass is 9.87. The Morgan fingerprint density at radius 3 is 2.59 bits per heavy atom. The summed E-state index contributed by atoms with van der Waals surface area (Å²) in [7, 11) is 1.46. The molecule has 4 rings (SSSR count). The molecule has 0 atom stereocenters. The highest BCUT2D eigenvalue weighted by molar-refractivity contribution is 5.75. The minimum atomic E-state index is -2.24. The van der Waals surface area contributed by atoms with Crippen molar-refractivity contribution in [2.24, 2.45) is 11.7 Å². The lowest BCUT2D eigenvalue weighted by molar-refractivity contribution is -0.117. The molecule has 0 radical (unpaired) electrons. The molecule has 3 heterocycles. The predicted molar refractivity (Wildman–Crippen MR) is 141 cm³/mol. The Labute approximate surface area is 219 Å². The number of aromatic nitrogens is 2. The molecule has 0 aromatic carbocycles. The fourth-order valence-electron chi connectivity index (χ4n) is 4.78. The second-order valence-corrected chi connectivity index (χ2v) is 9.45. The second kappa shape index (κ2) is 16.8. The van der Waals surface area contributed by atoms with Crippen LogP contribution in [0, 0.1) is 5.92 Å². The number of nitrogens with zero attached hydrogens (tertiary/aromatic N) is 3. The number of amides is 1. The smallest absolute Gasteiger partial charge is 0.254 e. The highest BCUT2D eigenvalue weighted by atomic mass is 19.3. The highest BCUT2D eigenvalue weighted by Crippen LogP contribution is 2.27. The number of nitrogens with two attached hydrogens (primary N) is 1. The van der Waals surface area contributed by atoms with Crippen molar-refractivity contribution in [3.63, 3.8) is 0 Å². The molecule has 2 aromatic heterocycles. The SMILES string of the molecule is C=C.COc1cc(CC(N)=O)on1.FC(F)CCc1ccc2c(n1)CCN(CCC1CCCCC1)CC2. The van der Waals surface area contributed by atoms with Gasteiger partial charge in [0.2, 0.25) is 12.3 Å².